The van der Waals surface area contributed by atoms with E-state index in [-0.39, 0.29) is 6.04 Å². The monoisotopic (exact) mass is 209 g/mol. The van der Waals surface area contributed by atoms with Gasteiger partial charge in [0.1, 0.15) is 5.41 Å². The van der Waals surface area contributed by atoms with Gasteiger partial charge in [0.15, 0.2) is 0 Å². The van der Waals surface area contributed by atoms with Crippen molar-refractivity contribution in [2.24, 2.45) is 5.41 Å². The van der Waals surface area contributed by atoms with Gasteiger partial charge in [-0.3, -0.25) is 9.59 Å². The molecular formula is C11H15NO3. The Morgan fingerprint density at radius 3 is 2.53 bits per heavy atom. The lowest BCUT2D eigenvalue weighted by Crippen LogP contribution is -2.42. The smallest absolute Gasteiger partial charge is 0.319 e. The summed E-state index contributed by atoms with van der Waals surface area (Å²) in [5.41, 5.74) is -1.16. The van der Waals surface area contributed by atoms with E-state index in [1.54, 1.807) is 0 Å². The fourth-order valence-electron chi connectivity index (χ4n) is 1.43. The predicted molar refractivity (Wildman–Crippen MR) is 55.0 cm³/mol. The van der Waals surface area contributed by atoms with Crippen molar-refractivity contribution in [2.45, 2.75) is 38.6 Å². The number of hydrogen-bond donors (Lipinski definition) is 2. The molecule has 0 heterocycles. The third-order valence-corrected chi connectivity index (χ3v) is 2.79. The minimum Gasteiger partial charge on any atom is -0.480 e. The van der Waals surface area contributed by atoms with Gasteiger partial charge in [-0.1, -0.05) is 6.92 Å². The van der Waals surface area contributed by atoms with Gasteiger partial charge in [0.2, 0.25) is 5.91 Å². The normalized spacial score (nSPS) is 18.7. The topological polar surface area (TPSA) is 66.4 Å². The van der Waals surface area contributed by atoms with Gasteiger partial charge in [-0.2, -0.15) is 0 Å². The Balaban J connectivity index is 2.56. The molecule has 15 heavy (non-hydrogen) atoms. The zero-order chi connectivity index (χ0) is 11.5. The number of carboxylic acid groups (broad SMARTS) is 1. The Hall–Kier alpha value is -1.50. The highest BCUT2D eigenvalue weighted by atomic mass is 16.4. The molecule has 1 amide bonds. The highest BCUT2D eigenvalue weighted by Gasteiger charge is 2.57. The molecule has 1 rings (SSSR count). The average molecular weight is 209 g/mol. The molecule has 1 unspecified atom stereocenters. The molecular weight excluding hydrogens is 194 g/mol. The second-order valence-electron chi connectivity index (χ2n) is 3.87. The van der Waals surface area contributed by atoms with E-state index in [1.807, 2.05) is 6.92 Å². The zero-order valence-corrected chi connectivity index (χ0v) is 8.75. The summed E-state index contributed by atoms with van der Waals surface area (Å²) < 4.78 is 0. The van der Waals surface area contributed by atoms with Crippen LogP contribution in [0.1, 0.15) is 32.6 Å². The van der Waals surface area contributed by atoms with Crippen LogP contribution >= 0.6 is 0 Å². The first kappa shape index (κ1) is 11.6. The summed E-state index contributed by atoms with van der Waals surface area (Å²) in [6.07, 6.45) is 7.17. The minimum absolute atomic E-state index is 0.112. The molecule has 0 aromatic heterocycles. The molecule has 0 saturated heterocycles. The Kier molecular flexibility index (Phi) is 3.35. The number of terminal acetylenes is 1. The van der Waals surface area contributed by atoms with Crippen LogP contribution in [0.4, 0.5) is 0 Å². The maximum atomic E-state index is 11.7. The van der Waals surface area contributed by atoms with Crippen molar-refractivity contribution in [3.05, 3.63) is 0 Å². The summed E-state index contributed by atoms with van der Waals surface area (Å²) in [5.74, 6) is 1.04. The molecule has 0 bridgehead atoms. The van der Waals surface area contributed by atoms with Crippen molar-refractivity contribution < 1.29 is 14.7 Å². The Bertz CT molecular complexity index is 312. The molecule has 0 aromatic rings. The van der Waals surface area contributed by atoms with E-state index in [0.717, 1.165) is 0 Å². The van der Waals surface area contributed by atoms with Crippen LogP contribution in [0.25, 0.3) is 0 Å². The van der Waals surface area contributed by atoms with E-state index >= 15 is 0 Å². The number of amides is 1. The molecule has 4 nitrogen and oxygen atoms in total. The first-order valence-electron chi connectivity index (χ1n) is 5.04. The van der Waals surface area contributed by atoms with Crippen LogP contribution in [0.3, 0.4) is 0 Å². The van der Waals surface area contributed by atoms with Crippen molar-refractivity contribution in [2.75, 3.05) is 0 Å². The van der Waals surface area contributed by atoms with Crippen LogP contribution in [0.5, 0.6) is 0 Å². The Morgan fingerprint density at radius 1 is 1.60 bits per heavy atom. The lowest BCUT2D eigenvalue weighted by Gasteiger charge is -2.17. The highest BCUT2D eigenvalue weighted by Crippen LogP contribution is 2.46. The summed E-state index contributed by atoms with van der Waals surface area (Å²) >= 11 is 0. The van der Waals surface area contributed by atoms with Gasteiger partial charge in [-0.25, -0.2) is 0 Å². The third-order valence-electron chi connectivity index (χ3n) is 2.79. The second-order valence-corrected chi connectivity index (χ2v) is 3.87. The molecule has 0 spiro atoms. The van der Waals surface area contributed by atoms with Gasteiger partial charge < -0.3 is 10.4 Å². The number of carbonyl (C=O) groups is 2. The van der Waals surface area contributed by atoms with E-state index in [0.29, 0.717) is 25.7 Å². The van der Waals surface area contributed by atoms with Crippen LogP contribution in [-0.2, 0) is 9.59 Å². The molecule has 1 aliphatic carbocycles. The van der Waals surface area contributed by atoms with Crippen molar-refractivity contribution in [3.63, 3.8) is 0 Å². The molecule has 4 heteroatoms. The maximum Gasteiger partial charge on any atom is 0.319 e. The molecule has 1 saturated carbocycles. The summed E-state index contributed by atoms with van der Waals surface area (Å²) in [6, 6.07) is -0.112. The van der Waals surface area contributed by atoms with Gasteiger partial charge in [-0.15, -0.1) is 12.3 Å². The van der Waals surface area contributed by atoms with Crippen LogP contribution in [0, 0.1) is 17.8 Å². The van der Waals surface area contributed by atoms with Gasteiger partial charge in [0.05, 0.1) is 0 Å². The molecule has 82 valence electrons. The Morgan fingerprint density at radius 2 is 2.20 bits per heavy atom. The molecule has 1 fully saturated rings. The number of nitrogens with one attached hydrogen (secondary N) is 1. The van der Waals surface area contributed by atoms with E-state index in [2.05, 4.69) is 11.2 Å². The van der Waals surface area contributed by atoms with E-state index in [1.165, 1.54) is 0 Å². The molecule has 1 atom stereocenters. The van der Waals surface area contributed by atoms with Gasteiger partial charge in [-0.05, 0) is 19.3 Å². The minimum atomic E-state index is -1.16. The number of aliphatic carboxylic acids is 1. The molecule has 0 aliphatic heterocycles. The SMILES string of the molecule is C#CCC(CC)NC(=O)C1(C(=O)O)CC1. The average Bonchev–Trinajstić information content (AvgIpc) is 2.97. The Labute approximate surface area is 89.0 Å². The van der Waals surface area contributed by atoms with Crippen LogP contribution in [0.2, 0.25) is 0 Å². The van der Waals surface area contributed by atoms with Crippen molar-refractivity contribution in [3.8, 4) is 12.3 Å². The number of carbonyl (C=O) groups excluding carboxylic acids is 1. The first-order valence-corrected chi connectivity index (χ1v) is 5.04. The first-order chi connectivity index (χ1) is 7.06. The van der Waals surface area contributed by atoms with Crippen molar-refractivity contribution in [1.29, 1.82) is 0 Å². The largest absolute Gasteiger partial charge is 0.480 e. The van der Waals surface area contributed by atoms with Gasteiger partial charge in [0.25, 0.3) is 0 Å². The molecule has 2 N–H and O–H groups in total. The maximum absolute atomic E-state index is 11.7. The summed E-state index contributed by atoms with van der Waals surface area (Å²) in [7, 11) is 0. The van der Waals surface area contributed by atoms with Crippen molar-refractivity contribution >= 4 is 11.9 Å². The fraction of sp³-hybridized carbons (Fsp3) is 0.636. The van der Waals surface area contributed by atoms with Gasteiger partial charge in [0, 0.05) is 12.5 Å². The quantitative estimate of drug-likeness (QED) is 0.519. The van der Waals surface area contributed by atoms with Crippen LogP contribution < -0.4 is 5.32 Å². The molecule has 1 aliphatic rings. The molecule has 0 aromatic carbocycles. The zero-order valence-electron chi connectivity index (χ0n) is 8.75. The van der Waals surface area contributed by atoms with E-state index in [9.17, 15) is 9.59 Å². The number of rotatable bonds is 5. The van der Waals surface area contributed by atoms with Crippen molar-refractivity contribution in [1.82, 2.24) is 5.32 Å². The van der Waals surface area contributed by atoms with Crippen LogP contribution in [-0.4, -0.2) is 23.0 Å². The highest BCUT2D eigenvalue weighted by molar-refractivity contribution is 6.04. The second kappa shape index (κ2) is 4.35. The summed E-state index contributed by atoms with van der Waals surface area (Å²) in [4.78, 5) is 22.5. The third kappa shape index (κ3) is 2.30. The van der Waals surface area contributed by atoms with Crippen LogP contribution in [0.15, 0.2) is 0 Å². The number of carboxylic acids is 1. The standard InChI is InChI=1S/C11H15NO3/c1-3-5-8(4-2)12-9(13)11(6-7-11)10(14)15/h1,8H,4-7H2,2H3,(H,12,13)(H,14,15). The van der Waals surface area contributed by atoms with E-state index < -0.39 is 17.3 Å². The lowest BCUT2D eigenvalue weighted by molar-refractivity contribution is -0.149. The number of hydrogen-bond acceptors (Lipinski definition) is 2. The summed E-state index contributed by atoms with van der Waals surface area (Å²) in [5, 5.41) is 11.6. The van der Waals surface area contributed by atoms with Gasteiger partial charge >= 0.3 is 5.97 Å². The predicted octanol–water partition coefficient (Wildman–Crippen LogP) is 0.769. The van der Waals surface area contributed by atoms with E-state index in [4.69, 9.17) is 11.5 Å². The molecule has 0 radical (unpaired) electrons. The summed E-state index contributed by atoms with van der Waals surface area (Å²) in [6.45, 7) is 1.91. The fourth-order valence-corrected chi connectivity index (χ4v) is 1.43. The lowest BCUT2D eigenvalue weighted by atomic mass is 10.0.